The number of carbonyl (C=O) groups is 3. The summed E-state index contributed by atoms with van der Waals surface area (Å²) >= 11 is 6.78. The Balaban J connectivity index is 1.84. The molecule has 3 amide bonds. The fraction of sp³-hybridized carbons (Fsp3) is 0.250. The molecule has 35 heavy (non-hydrogen) atoms. The van der Waals surface area contributed by atoms with E-state index >= 15 is 0 Å². The molecule has 1 aromatic heterocycles. The van der Waals surface area contributed by atoms with E-state index in [9.17, 15) is 18.8 Å². The third-order valence-corrected chi connectivity index (χ3v) is 6.98. The van der Waals surface area contributed by atoms with Crippen molar-refractivity contribution >= 4 is 52.2 Å². The minimum absolute atomic E-state index is 0.0254. The van der Waals surface area contributed by atoms with Crippen molar-refractivity contribution in [3.8, 4) is 0 Å². The third-order valence-electron chi connectivity index (χ3n) is 5.87. The van der Waals surface area contributed by atoms with Crippen LogP contribution in [0, 0.1) is 5.82 Å². The summed E-state index contributed by atoms with van der Waals surface area (Å²) in [4.78, 5) is 40.4. The highest BCUT2D eigenvalue weighted by atomic mass is 35.5. The number of primary amides is 1. The lowest BCUT2D eigenvalue weighted by molar-refractivity contribution is -0.123. The maximum atomic E-state index is 13.9. The van der Waals surface area contributed by atoms with E-state index in [1.54, 1.807) is 24.3 Å². The fourth-order valence-corrected chi connectivity index (χ4v) is 5.01. The average Bonchev–Trinajstić information content (AvgIpc) is 3.48. The highest BCUT2D eigenvalue weighted by Gasteiger charge is 2.37. The Morgan fingerprint density at radius 2 is 1.71 bits per heavy atom. The number of nitrogens with zero attached hydrogens (tertiary/aromatic N) is 2. The number of hydrogen-bond acceptors (Lipinski definition) is 6. The van der Waals surface area contributed by atoms with Gasteiger partial charge in [0.05, 0.1) is 5.69 Å². The van der Waals surface area contributed by atoms with Crippen LogP contribution in [0.5, 0.6) is 0 Å². The van der Waals surface area contributed by atoms with Crippen LogP contribution in [0.15, 0.2) is 48.5 Å². The first-order valence-electron chi connectivity index (χ1n) is 11.0. The van der Waals surface area contributed by atoms with E-state index < -0.39 is 29.6 Å². The molecule has 0 bridgehead atoms. The zero-order chi connectivity index (χ0) is 25.1. The zero-order valence-corrected chi connectivity index (χ0v) is 20.1. The average molecular weight is 516 g/mol. The van der Waals surface area contributed by atoms with Gasteiger partial charge in [-0.1, -0.05) is 36.6 Å². The summed E-state index contributed by atoms with van der Waals surface area (Å²) in [7, 11) is 0. The number of benzene rings is 2. The fourth-order valence-electron chi connectivity index (χ4n) is 4.14. The number of halogens is 2. The summed E-state index contributed by atoms with van der Waals surface area (Å²) in [6.07, 6.45) is 3.67. The molecule has 1 aliphatic rings. The lowest BCUT2D eigenvalue weighted by Crippen LogP contribution is -2.46. The summed E-state index contributed by atoms with van der Waals surface area (Å²) in [5.41, 5.74) is 11.7. The molecule has 0 spiro atoms. The van der Waals surface area contributed by atoms with Crippen molar-refractivity contribution in [2.45, 2.75) is 37.8 Å². The van der Waals surface area contributed by atoms with Gasteiger partial charge in [0.25, 0.3) is 11.8 Å². The van der Waals surface area contributed by atoms with Gasteiger partial charge in [-0.3, -0.25) is 19.3 Å². The number of nitrogens with two attached hydrogens (primary N) is 2. The Labute approximate surface area is 210 Å². The second-order valence-corrected chi connectivity index (χ2v) is 9.44. The summed E-state index contributed by atoms with van der Waals surface area (Å²) in [6, 6.07) is 10.5. The third kappa shape index (κ3) is 5.28. The number of amides is 3. The van der Waals surface area contributed by atoms with Gasteiger partial charge in [0.15, 0.2) is 5.69 Å². The van der Waals surface area contributed by atoms with E-state index in [1.165, 1.54) is 29.2 Å². The summed E-state index contributed by atoms with van der Waals surface area (Å²) in [6.45, 7) is 0. The van der Waals surface area contributed by atoms with Crippen LogP contribution in [0.2, 0.25) is 5.02 Å². The smallest absolute Gasteiger partial charge is 0.273 e. The highest BCUT2D eigenvalue weighted by molar-refractivity contribution is 7.09. The number of carbonyl (C=O) groups excluding carboxylic acids is 3. The number of hydrogen-bond donors (Lipinski definition) is 3. The van der Waals surface area contributed by atoms with Crippen LogP contribution < -0.4 is 21.7 Å². The van der Waals surface area contributed by atoms with Crippen molar-refractivity contribution in [3.05, 3.63) is 75.5 Å². The standard InChI is InChI=1S/C24H23ClFN5O3S/c25-14-7-11-17(12-8-14)31(24(34)21-18(27)19(22(28)32)30-35-21)20(13-5-9-15(26)10-6-13)23(33)29-16-3-1-2-4-16/h5-12,16,20H,1-4,27H2,(H2,28,32)(H,29,33)/t20-/m0/s1. The van der Waals surface area contributed by atoms with Crippen LogP contribution in [-0.2, 0) is 4.79 Å². The molecule has 182 valence electrons. The number of rotatable bonds is 7. The summed E-state index contributed by atoms with van der Waals surface area (Å²) in [5, 5.41) is 3.46. The maximum Gasteiger partial charge on any atom is 0.273 e. The topological polar surface area (TPSA) is 131 Å². The van der Waals surface area contributed by atoms with Gasteiger partial charge in [0, 0.05) is 16.8 Å². The molecule has 0 aliphatic heterocycles. The molecule has 3 aromatic rings. The van der Waals surface area contributed by atoms with Crippen LogP contribution >= 0.6 is 23.1 Å². The molecule has 1 fully saturated rings. The van der Waals surface area contributed by atoms with Crippen LogP contribution in [0.3, 0.4) is 0 Å². The van der Waals surface area contributed by atoms with Crippen molar-refractivity contribution in [1.29, 1.82) is 0 Å². The Kier molecular flexibility index (Phi) is 7.32. The van der Waals surface area contributed by atoms with Crippen LogP contribution in [0.4, 0.5) is 15.8 Å². The molecular formula is C24H23ClFN5O3S. The second kappa shape index (κ2) is 10.4. The largest absolute Gasteiger partial charge is 0.395 e. The monoisotopic (exact) mass is 515 g/mol. The Hall–Kier alpha value is -3.50. The Morgan fingerprint density at radius 1 is 1.09 bits per heavy atom. The quantitative estimate of drug-likeness (QED) is 0.436. The minimum Gasteiger partial charge on any atom is -0.395 e. The molecule has 11 heteroatoms. The first-order valence-corrected chi connectivity index (χ1v) is 12.1. The van der Waals surface area contributed by atoms with Crippen molar-refractivity contribution in [2.24, 2.45) is 5.73 Å². The van der Waals surface area contributed by atoms with Crippen LogP contribution in [-0.4, -0.2) is 28.1 Å². The Morgan fingerprint density at radius 3 is 2.29 bits per heavy atom. The molecule has 0 unspecified atom stereocenters. The number of nitrogens with one attached hydrogen (secondary N) is 1. The van der Waals surface area contributed by atoms with Crippen molar-refractivity contribution < 1.29 is 18.8 Å². The van der Waals surface area contributed by atoms with Crippen LogP contribution in [0.1, 0.15) is 57.4 Å². The van der Waals surface area contributed by atoms with E-state index in [0.717, 1.165) is 25.7 Å². The number of nitrogen functional groups attached to an aromatic ring is 1. The van der Waals surface area contributed by atoms with Gasteiger partial charge < -0.3 is 16.8 Å². The molecule has 2 aromatic carbocycles. The molecule has 1 saturated carbocycles. The van der Waals surface area contributed by atoms with E-state index in [1.807, 2.05) is 0 Å². The van der Waals surface area contributed by atoms with Crippen LogP contribution in [0.25, 0.3) is 0 Å². The van der Waals surface area contributed by atoms with Crippen molar-refractivity contribution in [3.63, 3.8) is 0 Å². The second-order valence-electron chi connectivity index (χ2n) is 8.23. The molecule has 1 heterocycles. The van der Waals surface area contributed by atoms with Gasteiger partial charge in [0.2, 0.25) is 5.91 Å². The maximum absolute atomic E-state index is 13.9. The predicted octanol–water partition coefficient (Wildman–Crippen LogP) is 4.06. The first-order chi connectivity index (χ1) is 16.8. The van der Waals surface area contributed by atoms with E-state index in [0.29, 0.717) is 27.8 Å². The van der Waals surface area contributed by atoms with E-state index in [2.05, 4.69) is 9.69 Å². The summed E-state index contributed by atoms with van der Waals surface area (Å²) < 4.78 is 17.7. The minimum atomic E-state index is -1.16. The lowest BCUT2D eigenvalue weighted by atomic mass is 10.0. The molecule has 4 rings (SSSR count). The lowest BCUT2D eigenvalue weighted by Gasteiger charge is -2.32. The molecule has 1 atom stereocenters. The van der Waals surface area contributed by atoms with E-state index in [-0.39, 0.29) is 22.3 Å². The zero-order valence-electron chi connectivity index (χ0n) is 18.5. The number of anilines is 2. The SMILES string of the molecule is NC(=O)c1nsc(C(=O)N(c2ccc(Cl)cc2)[C@H](C(=O)NC2CCCC2)c2ccc(F)cc2)c1N. The van der Waals surface area contributed by atoms with Crippen molar-refractivity contribution in [1.82, 2.24) is 9.69 Å². The number of aromatic nitrogens is 1. The van der Waals surface area contributed by atoms with E-state index in [4.69, 9.17) is 23.1 Å². The molecule has 0 radical (unpaired) electrons. The van der Waals surface area contributed by atoms with Gasteiger partial charge >= 0.3 is 0 Å². The molecule has 8 nitrogen and oxygen atoms in total. The normalized spacial score (nSPS) is 14.5. The molecule has 1 aliphatic carbocycles. The molecular weight excluding hydrogens is 493 g/mol. The van der Waals surface area contributed by atoms with Gasteiger partial charge in [-0.05, 0) is 66.3 Å². The van der Waals surface area contributed by atoms with Gasteiger partial charge in [0.1, 0.15) is 16.7 Å². The predicted molar refractivity (Wildman–Crippen MR) is 133 cm³/mol. The van der Waals surface area contributed by atoms with Gasteiger partial charge in [-0.25, -0.2) is 4.39 Å². The Bertz CT molecular complexity index is 1240. The summed E-state index contributed by atoms with van der Waals surface area (Å²) in [5.74, 6) is -2.44. The highest BCUT2D eigenvalue weighted by Crippen LogP contribution is 2.34. The van der Waals surface area contributed by atoms with Crippen molar-refractivity contribution in [2.75, 3.05) is 10.6 Å². The molecule has 5 N–H and O–H groups in total. The van der Waals surface area contributed by atoms with Gasteiger partial charge in [-0.15, -0.1) is 0 Å². The van der Waals surface area contributed by atoms with Gasteiger partial charge in [-0.2, -0.15) is 4.37 Å². The first kappa shape index (κ1) is 24.6. The molecule has 0 saturated heterocycles.